The summed E-state index contributed by atoms with van der Waals surface area (Å²) in [5, 5.41) is 3.41. The third-order valence-electron chi connectivity index (χ3n) is 4.00. The SMILES string of the molecule is CC(C)CNCc1cccc(OCC2CC=CCC2C)n1. The second-order valence-corrected chi connectivity index (χ2v) is 6.48. The zero-order valence-electron chi connectivity index (χ0n) is 13.5. The maximum absolute atomic E-state index is 5.91. The Labute approximate surface area is 128 Å². The molecule has 3 nitrogen and oxygen atoms in total. The third-order valence-corrected chi connectivity index (χ3v) is 4.00. The zero-order chi connectivity index (χ0) is 15.1. The summed E-state index contributed by atoms with van der Waals surface area (Å²) < 4.78 is 5.91. The number of ether oxygens (including phenoxy) is 1. The van der Waals surface area contributed by atoms with Gasteiger partial charge >= 0.3 is 0 Å². The first-order valence-electron chi connectivity index (χ1n) is 8.09. The Morgan fingerprint density at radius 1 is 1.29 bits per heavy atom. The first kappa shape index (κ1) is 16.0. The minimum atomic E-state index is 0.611. The molecule has 1 N–H and O–H groups in total. The summed E-state index contributed by atoms with van der Waals surface area (Å²) in [7, 11) is 0. The lowest BCUT2D eigenvalue weighted by Crippen LogP contribution is -2.22. The van der Waals surface area contributed by atoms with Gasteiger partial charge in [0.1, 0.15) is 0 Å². The van der Waals surface area contributed by atoms with Crippen LogP contribution in [0.15, 0.2) is 30.4 Å². The Morgan fingerprint density at radius 2 is 2.10 bits per heavy atom. The van der Waals surface area contributed by atoms with Gasteiger partial charge in [-0.3, -0.25) is 0 Å². The Morgan fingerprint density at radius 3 is 2.86 bits per heavy atom. The fourth-order valence-electron chi connectivity index (χ4n) is 2.56. The van der Waals surface area contributed by atoms with Crippen molar-refractivity contribution in [2.75, 3.05) is 13.2 Å². The van der Waals surface area contributed by atoms with Crippen molar-refractivity contribution >= 4 is 0 Å². The van der Waals surface area contributed by atoms with Crippen LogP contribution in [0.2, 0.25) is 0 Å². The van der Waals surface area contributed by atoms with Gasteiger partial charge in [-0.2, -0.15) is 0 Å². The van der Waals surface area contributed by atoms with Gasteiger partial charge in [-0.05, 0) is 43.2 Å². The van der Waals surface area contributed by atoms with Crippen molar-refractivity contribution in [3.63, 3.8) is 0 Å². The lowest BCUT2D eigenvalue weighted by molar-refractivity contribution is 0.192. The summed E-state index contributed by atoms with van der Waals surface area (Å²) in [4.78, 5) is 4.58. The average Bonchev–Trinajstić information content (AvgIpc) is 2.46. The number of hydrogen-bond acceptors (Lipinski definition) is 3. The number of allylic oxidation sites excluding steroid dienone is 2. The molecule has 0 aromatic carbocycles. The van der Waals surface area contributed by atoms with Crippen molar-refractivity contribution in [3.8, 4) is 5.88 Å². The van der Waals surface area contributed by atoms with E-state index in [2.05, 4.69) is 43.2 Å². The Bertz CT molecular complexity index is 456. The largest absolute Gasteiger partial charge is 0.477 e. The molecule has 1 heterocycles. The van der Waals surface area contributed by atoms with Gasteiger partial charge in [-0.15, -0.1) is 0 Å². The van der Waals surface area contributed by atoms with Crippen molar-refractivity contribution in [2.24, 2.45) is 17.8 Å². The monoisotopic (exact) mass is 288 g/mol. The van der Waals surface area contributed by atoms with Crippen LogP contribution in [0.3, 0.4) is 0 Å². The van der Waals surface area contributed by atoms with Crippen LogP contribution in [0.1, 0.15) is 39.3 Å². The molecule has 2 rings (SSSR count). The molecule has 21 heavy (non-hydrogen) atoms. The highest BCUT2D eigenvalue weighted by atomic mass is 16.5. The molecule has 0 bridgehead atoms. The Balaban J connectivity index is 1.81. The molecule has 0 amide bonds. The number of aromatic nitrogens is 1. The van der Waals surface area contributed by atoms with Gasteiger partial charge in [0.05, 0.1) is 12.3 Å². The molecule has 0 aliphatic heterocycles. The lowest BCUT2D eigenvalue weighted by atomic mass is 9.85. The highest BCUT2D eigenvalue weighted by Gasteiger charge is 2.19. The highest BCUT2D eigenvalue weighted by Crippen LogP contribution is 2.25. The van der Waals surface area contributed by atoms with Crippen molar-refractivity contribution < 1.29 is 4.74 Å². The molecule has 0 fully saturated rings. The lowest BCUT2D eigenvalue weighted by Gasteiger charge is -2.24. The van der Waals surface area contributed by atoms with E-state index in [0.29, 0.717) is 17.8 Å². The standard InChI is InChI=1S/C18H28N2O/c1-14(2)11-19-12-17-9-6-10-18(20-17)21-13-16-8-5-4-7-15(16)3/h4-6,9-10,14-16,19H,7-8,11-13H2,1-3H3. The molecule has 1 aromatic heterocycles. The van der Waals surface area contributed by atoms with Crippen LogP contribution < -0.4 is 10.1 Å². The Hall–Kier alpha value is -1.35. The van der Waals surface area contributed by atoms with Crippen LogP contribution >= 0.6 is 0 Å². The second kappa shape index (κ2) is 8.18. The van der Waals surface area contributed by atoms with E-state index in [1.807, 2.05) is 18.2 Å². The molecule has 0 radical (unpaired) electrons. The van der Waals surface area contributed by atoms with Gasteiger partial charge in [0.15, 0.2) is 0 Å². The van der Waals surface area contributed by atoms with Gasteiger partial charge in [0.2, 0.25) is 5.88 Å². The number of nitrogens with one attached hydrogen (secondary N) is 1. The van der Waals surface area contributed by atoms with Crippen LogP contribution in [0, 0.1) is 17.8 Å². The van der Waals surface area contributed by atoms with E-state index in [1.54, 1.807) is 0 Å². The van der Waals surface area contributed by atoms with E-state index >= 15 is 0 Å². The third kappa shape index (κ3) is 5.50. The van der Waals surface area contributed by atoms with Crippen LogP contribution in [0.25, 0.3) is 0 Å². The zero-order valence-corrected chi connectivity index (χ0v) is 13.5. The summed E-state index contributed by atoms with van der Waals surface area (Å²) in [6.07, 6.45) is 6.84. The fraction of sp³-hybridized carbons (Fsp3) is 0.611. The predicted octanol–water partition coefficient (Wildman–Crippen LogP) is 3.81. The molecule has 0 saturated heterocycles. The van der Waals surface area contributed by atoms with Gasteiger partial charge in [-0.1, -0.05) is 39.0 Å². The predicted molar refractivity (Wildman–Crippen MR) is 87.3 cm³/mol. The summed E-state index contributed by atoms with van der Waals surface area (Å²) >= 11 is 0. The van der Waals surface area contributed by atoms with E-state index in [4.69, 9.17) is 4.74 Å². The minimum absolute atomic E-state index is 0.611. The molecule has 0 spiro atoms. The molecular weight excluding hydrogens is 260 g/mol. The van der Waals surface area contributed by atoms with Gasteiger partial charge in [-0.25, -0.2) is 4.98 Å². The topological polar surface area (TPSA) is 34.1 Å². The maximum atomic E-state index is 5.91. The Kier molecular flexibility index (Phi) is 6.24. The number of pyridine rings is 1. The van der Waals surface area contributed by atoms with Gasteiger partial charge in [0, 0.05) is 12.6 Å². The number of nitrogens with zero attached hydrogens (tertiary/aromatic N) is 1. The van der Waals surface area contributed by atoms with Crippen molar-refractivity contribution in [2.45, 2.75) is 40.2 Å². The average molecular weight is 288 g/mol. The summed E-state index contributed by atoms with van der Waals surface area (Å²) in [6, 6.07) is 6.03. The molecule has 116 valence electrons. The van der Waals surface area contributed by atoms with E-state index in [0.717, 1.165) is 37.7 Å². The summed E-state index contributed by atoms with van der Waals surface area (Å²) in [6.45, 7) is 9.30. The highest BCUT2D eigenvalue weighted by molar-refractivity contribution is 5.15. The van der Waals surface area contributed by atoms with E-state index in [1.165, 1.54) is 6.42 Å². The molecule has 1 aliphatic rings. The van der Waals surface area contributed by atoms with E-state index in [-0.39, 0.29) is 0 Å². The minimum Gasteiger partial charge on any atom is -0.477 e. The summed E-state index contributed by atoms with van der Waals surface area (Å²) in [5.74, 6) is 2.72. The van der Waals surface area contributed by atoms with Crippen LogP contribution in [-0.4, -0.2) is 18.1 Å². The van der Waals surface area contributed by atoms with Crippen LogP contribution in [-0.2, 0) is 6.54 Å². The number of rotatable bonds is 7. The van der Waals surface area contributed by atoms with E-state index < -0.39 is 0 Å². The molecule has 2 unspecified atom stereocenters. The summed E-state index contributed by atoms with van der Waals surface area (Å²) in [5.41, 5.74) is 1.05. The van der Waals surface area contributed by atoms with Crippen molar-refractivity contribution in [3.05, 3.63) is 36.0 Å². The quantitative estimate of drug-likeness (QED) is 0.775. The number of hydrogen-bond donors (Lipinski definition) is 1. The second-order valence-electron chi connectivity index (χ2n) is 6.48. The first-order valence-corrected chi connectivity index (χ1v) is 8.09. The normalized spacial score (nSPS) is 21.7. The maximum Gasteiger partial charge on any atom is 0.213 e. The van der Waals surface area contributed by atoms with E-state index in [9.17, 15) is 0 Å². The van der Waals surface area contributed by atoms with Gasteiger partial charge < -0.3 is 10.1 Å². The first-order chi connectivity index (χ1) is 10.1. The molecule has 1 aliphatic carbocycles. The van der Waals surface area contributed by atoms with Crippen molar-refractivity contribution in [1.82, 2.24) is 10.3 Å². The molecule has 3 heteroatoms. The molecule has 2 atom stereocenters. The molecule has 1 aromatic rings. The van der Waals surface area contributed by atoms with Crippen LogP contribution in [0.4, 0.5) is 0 Å². The van der Waals surface area contributed by atoms with Crippen molar-refractivity contribution in [1.29, 1.82) is 0 Å². The molecular formula is C18H28N2O. The smallest absolute Gasteiger partial charge is 0.213 e. The van der Waals surface area contributed by atoms with Crippen LogP contribution in [0.5, 0.6) is 5.88 Å². The van der Waals surface area contributed by atoms with Gasteiger partial charge in [0.25, 0.3) is 0 Å². The molecule has 0 saturated carbocycles. The fourth-order valence-corrected chi connectivity index (χ4v) is 2.56.